The van der Waals surface area contributed by atoms with Crippen molar-refractivity contribution in [2.45, 2.75) is 63.7 Å². The number of nitrogens with zero attached hydrogens (tertiary/aromatic N) is 1. The lowest BCUT2D eigenvalue weighted by Gasteiger charge is -2.36. The highest BCUT2D eigenvalue weighted by atomic mass is 31.2. The van der Waals surface area contributed by atoms with Crippen LogP contribution in [0.3, 0.4) is 0 Å². The molecule has 0 aliphatic carbocycles. The molecule has 2 aliphatic heterocycles. The van der Waals surface area contributed by atoms with Crippen LogP contribution in [0.1, 0.15) is 33.6 Å². The number of allylic oxidation sites excluding steroid dienone is 1. The standard InChI is InChI=1S/C24H33N2O10P/c1-16(27)11-13-26(18(3)28)23-24(12-8-14-33-24)21(29)20(35-23)15-34-37(31,25-17(2)22(30)32-4)36-19-9-6-5-7-10-19/h5-7,9-11,13,17,20-21,23,29H,8,12,14-15H2,1-4H3,(H,25,31)/b13-11-/t17-,20?,21+,23?,24-,37?/m0/s1. The number of aliphatic hydroxyl groups is 1. The SMILES string of the molecule is COC(=O)[C@H](C)NP(=O)(OCC1OC(N(/C=C\C(C)=O)C(C)=O)[C@]2(CCCO2)[C@@H]1O)Oc1ccccc1. The summed E-state index contributed by atoms with van der Waals surface area (Å²) in [4.78, 5) is 37.1. The number of amides is 1. The number of ether oxygens (including phenoxy) is 3. The minimum atomic E-state index is -4.20. The number of esters is 1. The van der Waals surface area contributed by atoms with Crippen LogP contribution >= 0.6 is 7.75 Å². The number of nitrogens with one attached hydrogen (secondary N) is 1. The Morgan fingerprint density at radius 2 is 2.00 bits per heavy atom. The van der Waals surface area contributed by atoms with Crippen LogP contribution in [0.15, 0.2) is 42.6 Å². The van der Waals surface area contributed by atoms with Gasteiger partial charge in [-0.1, -0.05) is 18.2 Å². The number of carbonyl (C=O) groups excluding carboxylic acids is 3. The summed E-state index contributed by atoms with van der Waals surface area (Å²) in [5, 5.41) is 13.8. The Balaban J connectivity index is 1.84. The second kappa shape index (κ2) is 12.3. The predicted octanol–water partition coefficient (Wildman–Crippen LogP) is 1.93. The molecule has 1 aromatic carbocycles. The van der Waals surface area contributed by atoms with Crippen LogP contribution in [-0.4, -0.2) is 78.1 Å². The van der Waals surface area contributed by atoms with Crippen LogP contribution in [0, 0.1) is 0 Å². The zero-order valence-corrected chi connectivity index (χ0v) is 22.1. The molecule has 0 bridgehead atoms. The third-order valence-corrected chi connectivity index (χ3v) is 7.67. The maximum Gasteiger partial charge on any atom is 0.459 e. The molecule has 0 radical (unpaired) electrons. The molecule has 37 heavy (non-hydrogen) atoms. The van der Waals surface area contributed by atoms with Gasteiger partial charge in [-0.25, -0.2) is 4.57 Å². The number of benzene rings is 1. The van der Waals surface area contributed by atoms with Crippen molar-refractivity contribution in [3.05, 3.63) is 42.6 Å². The maximum absolute atomic E-state index is 13.6. The highest BCUT2D eigenvalue weighted by molar-refractivity contribution is 7.52. The third-order valence-electron chi connectivity index (χ3n) is 6.03. The van der Waals surface area contributed by atoms with Gasteiger partial charge in [-0.2, -0.15) is 5.09 Å². The van der Waals surface area contributed by atoms with Crippen molar-refractivity contribution in [1.29, 1.82) is 0 Å². The molecule has 3 unspecified atom stereocenters. The number of rotatable bonds is 11. The number of hydrogen-bond acceptors (Lipinski definition) is 10. The van der Waals surface area contributed by atoms with Gasteiger partial charge >= 0.3 is 13.7 Å². The van der Waals surface area contributed by atoms with Crippen LogP contribution in [0.5, 0.6) is 5.75 Å². The number of aliphatic hydroxyl groups excluding tert-OH is 1. The van der Waals surface area contributed by atoms with Gasteiger partial charge < -0.3 is 23.8 Å². The van der Waals surface area contributed by atoms with Gasteiger partial charge in [-0.05, 0) is 44.9 Å². The predicted molar refractivity (Wildman–Crippen MR) is 130 cm³/mol. The highest BCUT2D eigenvalue weighted by Gasteiger charge is 2.61. The van der Waals surface area contributed by atoms with E-state index in [4.69, 9.17) is 18.5 Å². The van der Waals surface area contributed by atoms with E-state index in [-0.39, 0.29) is 11.5 Å². The van der Waals surface area contributed by atoms with Crippen molar-refractivity contribution in [3.63, 3.8) is 0 Å². The number of carbonyl (C=O) groups is 3. The summed E-state index contributed by atoms with van der Waals surface area (Å²) < 4.78 is 41.5. The molecule has 0 aromatic heterocycles. The van der Waals surface area contributed by atoms with E-state index in [1.54, 1.807) is 30.3 Å². The molecular formula is C24H33N2O10P. The first-order valence-corrected chi connectivity index (χ1v) is 13.4. The van der Waals surface area contributed by atoms with Gasteiger partial charge in [0.15, 0.2) is 12.0 Å². The van der Waals surface area contributed by atoms with E-state index >= 15 is 0 Å². The second-order valence-corrected chi connectivity index (χ2v) is 10.5. The smallest absolute Gasteiger partial charge is 0.459 e. The van der Waals surface area contributed by atoms with E-state index in [0.717, 1.165) is 0 Å². The van der Waals surface area contributed by atoms with Crippen LogP contribution in [-0.2, 0) is 37.7 Å². The summed E-state index contributed by atoms with van der Waals surface area (Å²) >= 11 is 0. The fraction of sp³-hybridized carbons (Fsp3) is 0.542. The van der Waals surface area contributed by atoms with Crippen LogP contribution in [0.2, 0.25) is 0 Å². The van der Waals surface area contributed by atoms with E-state index < -0.39 is 56.3 Å². The molecule has 1 aromatic rings. The summed E-state index contributed by atoms with van der Waals surface area (Å²) in [7, 11) is -3.01. The Hall–Kier alpha value is -2.60. The van der Waals surface area contributed by atoms with Crippen molar-refractivity contribution in [1.82, 2.24) is 9.99 Å². The van der Waals surface area contributed by atoms with Gasteiger partial charge in [0.1, 0.15) is 29.6 Å². The Labute approximate surface area is 215 Å². The van der Waals surface area contributed by atoms with Gasteiger partial charge in [0, 0.05) is 19.7 Å². The minimum Gasteiger partial charge on any atom is -0.468 e. The van der Waals surface area contributed by atoms with Gasteiger partial charge in [0.05, 0.1) is 13.7 Å². The first kappa shape index (κ1) is 29.0. The van der Waals surface area contributed by atoms with Crippen LogP contribution in [0.4, 0.5) is 0 Å². The number of methoxy groups -OCH3 is 1. The van der Waals surface area contributed by atoms with Gasteiger partial charge in [0.25, 0.3) is 0 Å². The minimum absolute atomic E-state index is 0.217. The summed E-state index contributed by atoms with van der Waals surface area (Å²) in [5.41, 5.74) is -1.28. The van der Waals surface area contributed by atoms with E-state index in [1.807, 2.05) is 0 Å². The van der Waals surface area contributed by atoms with Crippen LogP contribution < -0.4 is 9.61 Å². The molecule has 13 heteroatoms. The third kappa shape index (κ3) is 6.84. The van der Waals surface area contributed by atoms with Crippen LogP contribution in [0.25, 0.3) is 0 Å². The molecule has 6 atom stereocenters. The highest BCUT2D eigenvalue weighted by Crippen LogP contribution is 2.48. The van der Waals surface area contributed by atoms with Crippen molar-refractivity contribution >= 4 is 25.4 Å². The first-order valence-electron chi connectivity index (χ1n) is 11.8. The van der Waals surface area contributed by atoms with Crippen molar-refractivity contribution in [3.8, 4) is 5.75 Å². The first-order chi connectivity index (χ1) is 17.5. The Morgan fingerprint density at radius 3 is 2.57 bits per heavy atom. The molecule has 2 heterocycles. The van der Waals surface area contributed by atoms with Gasteiger partial charge in [-0.3, -0.25) is 23.8 Å². The molecule has 3 rings (SSSR count). The monoisotopic (exact) mass is 540 g/mol. The lowest BCUT2D eigenvalue weighted by atomic mass is 9.90. The normalized spacial score (nSPS) is 27.6. The summed E-state index contributed by atoms with van der Waals surface area (Å²) in [6, 6.07) is 7.16. The largest absolute Gasteiger partial charge is 0.468 e. The molecule has 2 saturated heterocycles. The fourth-order valence-electron chi connectivity index (χ4n) is 4.24. The molecule has 12 nitrogen and oxygen atoms in total. The van der Waals surface area contributed by atoms with Gasteiger partial charge in [0.2, 0.25) is 5.91 Å². The molecular weight excluding hydrogens is 507 g/mol. The zero-order valence-electron chi connectivity index (χ0n) is 21.2. The van der Waals surface area contributed by atoms with Crippen molar-refractivity contribution < 1.29 is 47.3 Å². The summed E-state index contributed by atoms with van der Waals surface area (Å²) in [6.07, 6.45) is 0.0717. The zero-order chi connectivity index (χ0) is 27.2. The summed E-state index contributed by atoms with van der Waals surface area (Å²) in [5.74, 6) is -1.19. The molecule has 1 amide bonds. The average Bonchev–Trinajstić information content (AvgIpc) is 3.44. The molecule has 204 valence electrons. The lowest BCUT2D eigenvalue weighted by molar-refractivity contribution is -0.160. The average molecular weight is 541 g/mol. The molecule has 0 saturated carbocycles. The van der Waals surface area contributed by atoms with E-state index in [1.165, 1.54) is 45.1 Å². The molecule has 2 fully saturated rings. The Kier molecular flexibility index (Phi) is 9.63. The van der Waals surface area contributed by atoms with Crippen molar-refractivity contribution in [2.24, 2.45) is 0 Å². The van der Waals surface area contributed by atoms with E-state index in [0.29, 0.717) is 19.4 Å². The Morgan fingerprint density at radius 1 is 1.30 bits per heavy atom. The fourth-order valence-corrected chi connectivity index (χ4v) is 5.74. The molecule has 1 spiro atoms. The van der Waals surface area contributed by atoms with Gasteiger partial charge in [-0.15, -0.1) is 0 Å². The number of hydrogen-bond donors (Lipinski definition) is 2. The quantitative estimate of drug-likeness (QED) is 0.241. The second-order valence-electron chi connectivity index (χ2n) is 8.80. The topological polar surface area (TPSA) is 150 Å². The number of ketones is 1. The van der Waals surface area contributed by atoms with Crippen molar-refractivity contribution in [2.75, 3.05) is 20.3 Å². The van der Waals surface area contributed by atoms with E-state index in [9.17, 15) is 24.1 Å². The molecule has 2 N–H and O–H groups in total. The maximum atomic E-state index is 13.6. The number of para-hydroxylation sites is 1. The van der Waals surface area contributed by atoms with E-state index in [2.05, 4.69) is 9.82 Å². The summed E-state index contributed by atoms with van der Waals surface area (Å²) in [6.45, 7) is 3.97. The molecule has 2 aliphatic rings. The lowest BCUT2D eigenvalue weighted by Crippen LogP contribution is -2.54. The Bertz CT molecular complexity index is 1040.